The SMILES string of the molecule is COc1cc(C(=O)c2csc(Cc3ccc(C)cc3)n2)cc(OC)c1OC. The second-order valence-corrected chi connectivity index (χ2v) is 6.97. The van der Waals surface area contributed by atoms with Gasteiger partial charge >= 0.3 is 0 Å². The number of benzene rings is 2. The van der Waals surface area contributed by atoms with Crippen molar-refractivity contribution in [1.82, 2.24) is 4.98 Å². The van der Waals surface area contributed by atoms with Gasteiger partial charge < -0.3 is 14.2 Å². The zero-order chi connectivity index (χ0) is 19.4. The maximum Gasteiger partial charge on any atom is 0.212 e. The van der Waals surface area contributed by atoms with Gasteiger partial charge in [0.1, 0.15) is 5.69 Å². The highest BCUT2D eigenvalue weighted by Crippen LogP contribution is 2.38. The molecular weight excluding hydrogens is 362 g/mol. The highest BCUT2D eigenvalue weighted by molar-refractivity contribution is 7.09. The monoisotopic (exact) mass is 383 g/mol. The fraction of sp³-hybridized carbons (Fsp3) is 0.238. The highest BCUT2D eigenvalue weighted by atomic mass is 32.1. The molecule has 0 unspecified atom stereocenters. The predicted octanol–water partition coefficient (Wildman–Crippen LogP) is 4.30. The zero-order valence-electron chi connectivity index (χ0n) is 15.7. The molecule has 0 amide bonds. The van der Waals surface area contributed by atoms with Crippen LogP contribution in [0.1, 0.15) is 32.2 Å². The molecule has 0 fully saturated rings. The number of carbonyl (C=O) groups is 1. The molecule has 0 saturated carbocycles. The lowest BCUT2D eigenvalue weighted by Crippen LogP contribution is -2.05. The minimum absolute atomic E-state index is 0.180. The molecule has 3 aromatic rings. The third kappa shape index (κ3) is 4.11. The first-order chi connectivity index (χ1) is 13.0. The molecule has 0 aliphatic heterocycles. The molecule has 140 valence electrons. The maximum absolute atomic E-state index is 12.9. The van der Waals surface area contributed by atoms with E-state index < -0.39 is 0 Å². The Morgan fingerprint density at radius 3 is 2.19 bits per heavy atom. The number of carbonyl (C=O) groups excluding carboxylic acids is 1. The van der Waals surface area contributed by atoms with Gasteiger partial charge in [-0.25, -0.2) is 4.98 Å². The molecule has 0 N–H and O–H groups in total. The van der Waals surface area contributed by atoms with Crippen LogP contribution in [0.4, 0.5) is 0 Å². The van der Waals surface area contributed by atoms with Gasteiger partial charge in [-0.2, -0.15) is 0 Å². The van der Waals surface area contributed by atoms with Crippen LogP contribution in [-0.2, 0) is 6.42 Å². The Kier molecular flexibility index (Phi) is 5.76. The minimum atomic E-state index is -0.180. The summed E-state index contributed by atoms with van der Waals surface area (Å²) in [4.78, 5) is 17.4. The Bertz CT molecular complexity index is 922. The van der Waals surface area contributed by atoms with Crippen LogP contribution in [0.25, 0.3) is 0 Å². The first-order valence-electron chi connectivity index (χ1n) is 8.40. The average molecular weight is 383 g/mol. The lowest BCUT2D eigenvalue weighted by atomic mass is 10.1. The van der Waals surface area contributed by atoms with E-state index in [0.29, 0.717) is 34.9 Å². The van der Waals surface area contributed by atoms with Gasteiger partial charge in [-0.15, -0.1) is 11.3 Å². The lowest BCUT2D eigenvalue weighted by molar-refractivity contribution is 0.103. The van der Waals surface area contributed by atoms with Crippen molar-refractivity contribution < 1.29 is 19.0 Å². The molecule has 2 aromatic carbocycles. The van der Waals surface area contributed by atoms with Crippen molar-refractivity contribution in [3.8, 4) is 17.2 Å². The molecule has 0 spiro atoms. The molecule has 0 atom stereocenters. The second-order valence-electron chi connectivity index (χ2n) is 6.03. The summed E-state index contributed by atoms with van der Waals surface area (Å²) >= 11 is 1.48. The molecule has 3 rings (SSSR count). The fourth-order valence-electron chi connectivity index (χ4n) is 2.74. The fourth-order valence-corrected chi connectivity index (χ4v) is 3.55. The molecule has 0 aliphatic rings. The van der Waals surface area contributed by atoms with E-state index in [1.54, 1.807) is 17.5 Å². The Labute approximate surface area is 162 Å². The van der Waals surface area contributed by atoms with Gasteiger partial charge in [0.25, 0.3) is 0 Å². The number of aromatic nitrogens is 1. The van der Waals surface area contributed by atoms with Crippen LogP contribution < -0.4 is 14.2 Å². The molecule has 0 saturated heterocycles. The number of aryl methyl sites for hydroxylation is 1. The minimum Gasteiger partial charge on any atom is -0.493 e. The molecule has 0 aliphatic carbocycles. The number of ketones is 1. The van der Waals surface area contributed by atoms with E-state index >= 15 is 0 Å². The summed E-state index contributed by atoms with van der Waals surface area (Å²) in [5.74, 6) is 1.15. The third-order valence-electron chi connectivity index (χ3n) is 4.19. The van der Waals surface area contributed by atoms with Crippen molar-refractivity contribution in [2.75, 3.05) is 21.3 Å². The van der Waals surface area contributed by atoms with Crippen LogP contribution in [0.15, 0.2) is 41.8 Å². The quantitative estimate of drug-likeness (QED) is 0.570. The van der Waals surface area contributed by atoms with Crippen molar-refractivity contribution in [3.63, 3.8) is 0 Å². The Morgan fingerprint density at radius 2 is 1.63 bits per heavy atom. The number of hydrogen-bond acceptors (Lipinski definition) is 6. The molecule has 1 heterocycles. The van der Waals surface area contributed by atoms with Gasteiger partial charge in [-0.1, -0.05) is 29.8 Å². The van der Waals surface area contributed by atoms with E-state index in [0.717, 1.165) is 5.01 Å². The summed E-state index contributed by atoms with van der Waals surface area (Å²) in [7, 11) is 4.57. The number of nitrogens with zero attached hydrogens (tertiary/aromatic N) is 1. The van der Waals surface area contributed by atoms with Gasteiger partial charge in [0.2, 0.25) is 11.5 Å². The van der Waals surface area contributed by atoms with Crippen molar-refractivity contribution in [1.29, 1.82) is 0 Å². The highest BCUT2D eigenvalue weighted by Gasteiger charge is 2.20. The number of thiazole rings is 1. The maximum atomic E-state index is 12.9. The van der Waals surface area contributed by atoms with E-state index in [4.69, 9.17) is 14.2 Å². The van der Waals surface area contributed by atoms with Crippen LogP contribution >= 0.6 is 11.3 Å². The van der Waals surface area contributed by atoms with Gasteiger partial charge in [-0.05, 0) is 24.6 Å². The van der Waals surface area contributed by atoms with Gasteiger partial charge in [0.05, 0.1) is 26.3 Å². The summed E-state index contributed by atoms with van der Waals surface area (Å²) in [5, 5.41) is 2.68. The van der Waals surface area contributed by atoms with E-state index in [-0.39, 0.29) is 5.78 Å². The molecule has 0 radical (unpaired) electrons. The van der Waals surface area contributed by atoms with E-state index in [2.05, 4.69) is 36.2 Å². The first-order valence-corrected chi connectivity index (χ1v) is 9.28. The van der Waals surface area contributed by atoms with Gasteiger partial charge in [0.15, 0.2) is 11.5 Å². The van der Waals surface area contributed by atoms with Gasteiger partial charge in [0, 0.05) is 17.4 Å². The van der Waals surface area contributed by atoms with Crippen LogP contribution in [-0.4, -0.2) is 32.1 Å². The van der Waals surface area contributed by atoms with Gasteiger partial charge in [-0.3, -0.25) is 4.79 Å². The van der Waals surface area contributed by atoms with Crippen LogP contribution in [0.5, 0.6) is 17.2 Å². The molecule has 5 nitrogen and oxygen atoms in total. The Balaban J connectivity index is 1.86. The number of hydrogen-bond donors (Lipinski definition) is 0. The largest absolute Gasteiger partial charge is 0.493 e. The van der Waals surface area contributed by atoms with Crippen LogP contribution in [0.2, 0.25) is 0 Å². The number of methoxy groups -OCH3 is 3. The van der Waals surface area contributed by atoms with Crippen molar-refractivity contribution in [2.24, 2.45) is 0 Å². The molecule has 0 bridgehead atoms. The summed E-state index contributed by atoms with van der Waals surface area (Å²) in [5.41, 5.74) is 3.24. The van der Waals surface area contributed by atoms with E-state index in [1.807, 2.05) is 0 Å². The molecule has 1 aromatic heterocycles. The number of ether oxygens (including phenoxy) is 3. The number of rotatable bonds is 7. The Hall–Kier alpha value is -2.86. The summed E-state index contributed by atoms with van der Waals surface area (Å²) in [6.07, 6.45) is 0.702. The van der Waals surface area contributed by atoms with Crippen LogP contribution in [0.3, 0.4) is 0 Å². The Morgan fingerprint density at radius 1 is 1.00 bits per heavy atom. The molecular formula is C21H21NO4S. The first kappa shape index (κ1) is 18.9. The smallest absolute Gasteiger partial charge is 0.212 e. The molecule has 27 heavy (non-hydrogen) atoms. The van der Waals surface area contributed by atoms with E-state index in [9.17, 15) is 4.79 Å². The second kappa shape index (κ2) is 8.22. The standard InChI is InChI=1S/C21H21NO4S/c1-13-5-7-14(8-6-13)9-19-22-16(12-27-19)20(23)15-10-17(24-2)21(26-4)18(11-15)25-3/h5-8,10-12H,9H2,1-4H3. The molecule has 6 heteroatoms. The van der Waals surface area contributed by atoms with Crippen LogP contribution in [0, 0.1) is 6.92 Å². The third-order valence-corrected chi connectivity index (χ3v) is 5.04. The lowest BCUT2D eigenvalue weighted by Gasteiger charge is -2.13. The normalized spacial score (nSPS) is 10.5. The van der Waals surface area contributed by atoms with Crippen molar-refractivity contribution in [3.05, 3.63) is 69.2 Å². The summed E-state index contributed by atoms with van der Waals surface area (Å²) in [6, 6.07) is 11.6. The average Bonchev–Trinajstić information content (AvgIpc) is 3.16. The zero-order valence-corrected chi connectivity index (χ0v) is 16.6. The predicted molar refractivity (Wildman–Crippen MR) is 106 cm³/mol. The van der Waals surface area contributed by atoms with Crippen molar-refractivity contribution >= 4 is 17.1 Å². The van der Waals surface area contributed by atoms with Crippen molar-refractivity contribution in [2.45, 2.75) is 13.3 Å². The summed E-state index contributed by atoms with van der Waals surface area (Å²) in [6.45, 7) is 2.06. The topological polar surface area (TPSA) is 57.7 Å². The summed E-state index contributed by atoms with van der Waals surface area (Å²) < 4.78 is 16.0. The van der Waals surface area contributed by atoms with E-state index in [1.165, 1.54) is 43.8 Å².